The molecule has 0 unspecified atom stereocenters. The third-order valence-electron chi connectivity index (χ3n) is 4.63. The first-order chi connectivity index (χ1) is 14.4. The number of benzene rings is 2. The van der Waals surface area contributed by atoms with E-state index < -0.39 is 0 Å². The first kappa shape index (κ1) is 21.5. The van der Waals surface area contributed by atoms with Gasteiger partial charge in [-0.15, -0.1) is 0 Å². The minimum Gasteiger partial charge on any atom is -0.493 e. The minimum atomic E-state index is -0.252. The van der Waals surface area contributed by atoms with Crippen molar-refractivity contribution in [3.05, 3.63) is 75.6 Å². The number of hydrogen-bond acceptors (Lipinski definition) is 5. The summed E-state index contributed by atoms with van der Waals surface area (Å²) in [5.74, 6) is 1.63. The van der Waals surface area contributed by atoms with Gasteiger partial charge in [0.1, 0.15) is 12.4 Å². The molecule has 0 saturated carbocycles. The van der Waals surface area contributed by atoms with Gasteiger partial charge in [0.25, 0.3) is 0 Å². The SMILES string of the molecule is COc1cc(C=CC(=O)Nc2cc(Cl)ccc2C)ccc1OCc1c(C)noc1C. The lowest BCUT2D eigenvalue weighted by Gasteiger charge is -2.11. The summed E-state index contributed by atoms with van der Waals surface area (Å²) in [6.07, 6.45) is 3.16. The fourth-order valence-corrected chi connectivity index (χ4v) is 3.01. The molecule has 0 aliphatic carbocycles. The number of halogens is 1. The van der Waals surface area contributed by atoms with Gasteiger partial charge in [-0.2, -0.15) is 0 Å². The molecule has 0 spiro atoms. The van der Waals surface area contributed by atoms with Crippen molar-refractivity contribution >= 4 is 29.3 Å². The van der Waals surface area contributed by atoms with Crippen LogP contribution in [0.15, 0.2) is 47.0 Å². The highest BCUT2D eigenvalue weighted by atomic mass is 35.5. The molecular formula is C23H23ClN2O4. The third-order valence-corrected chi connectivity index (χ3v) is 4.86. The third kappa shape index (κ3) is 5.21. The Morgan fingerprint density at radius 3 is 2.67 bits per heavy atom. The monoisotopic (exact) mass is 426 g/mol. The molecular weight excluding hydrogens is 404 g/mol. The van der Waals surface area contributed by atoms with Crippen molar-refractivity contribution in [2.45, 2.75) is 27.4 Å². The number of nitrogens with one attached hydrogen (secondary N) is 1. The number of methoxy groups -OCH3 is 1. The molecule has 0 aliphatic heterocycles. The predicted molar refractivity (Wildman–Crippen MR) is 117 cm³/mol. The molecule has 0 saturated heterocycles. The van der Waals surface area contributed by atoms with Crippen LogP contribution in [0.2, 0.25) is 5.02 Å². The van der Waals surface area contributed by atoms with Crippen molar-refractivity contribution < 1.29 is 18.8 Å². The van der Waals surface area contributed by atoms with Gasteiger partial charge in [0, 0.05) is 16.8 Å². The van der Waals surface area contributed by atoms with E-state index in [0.717, 1.165) is 28.1 Å². The van der Waals surface area contributed by atoms with Gasteiger partial charge in [-0.3, -0.25) is 4.79 Å². The van der Waals surface area contributed by atoms with Gasteiger partial charge in [-0.05, 0) is 62.2 Å². The van der Waals surface area contributed by atoms with Gasteiger partial charge >= 0.3 is 0 Å². The average Bonchev–Trinajstić information content (AvgIpc) is 3.05. The van der Waals surface area contributed by atoms with Gasteiger partial charge in [0.2, 0.25) is 5.91 Å². The highest BCUT2D eigenvalue weighted by molar-refractivity contribution is 6.31. The second-order valence-electron chi connectivity index (χ2n) is 6.78. The molecule has 1 amide bonds. The largest absolute Gasteiger partial charge is 0.493 e. The number of ether oxygens (including phenoxy) is 2. The number of amides is 1. The Balaban J connectivity index is 1.68. The summed E-state index contributed by atoms with van der Waals surface area (Å²) in [5, 5.41) is 7.32. The Morgan fingerprint density at radius 1 is 1.17 bits per heavy atom. The second kappa shape index (κ2) is 9.50. The molecule has 30 heavy (non-hydrogen) atoms. The molecule has 7 heteroatoms. The number of carbonyl (C=O) groups excluding carboxylic acids is 1. The zero-order valence-corrected chi connectivity index (χ0v) is 18.0. The molecule has 6 nitrogen and oxygen atoms in total. The molecule has 0 radical (unpaired) electrons. The maximum atomic E-state index is 12.3. The molecule has 3 aromatic rings. The number of aromatic nitrogens is 1. The molecule has 156 valence electrons. The zero-order chi connectivity index (χ0) is 21.7. The van der Waals surface area contributed by atoms with Crippen LogP contribution in [0, 0.1) is 20.8 Å². The van der Waals surface area contributed by atoms with Crippen molar-refractivity contribution in [3.63, 3.8) is 0 Å². The molecule has 3 rings (SSSR count). The highest BCUT2D eigenvalue weighted by Gasteiger charge is 2.12. The minimum absolute atomic E-state index is 0.252. The Labute approximate surface area is 180 Å². The number of hydrogen-bond donors (Lipinski definition) is 1. The maximum absolute atomic E-state index is 12.3. The molecule has 0 bridgehead atoms. The van der Waals surface area contributed by atoms with E-state index >= 15 is 0 Å². The van der Waals surface area contributed by atoms with Gasteiger partial charge in [-0.1, -0.05) is 28.9 Å². The number of anilines is 1. The molecule has 1 N–H and O–H groups in total. The normalized spacial score (nSPS) is 11.0. The van der Waals surface area contributed by atoms with Crippen LogP contribution < -0.4 is 14.8 Å². The summed E-state index contributed by atoms with van der Waals surface area (Å²) in [6.45, 7) is 5.95. The fraction of sp³-hybridized carbons (Fsp3) is 0.217. The molecule has 0 aliphatic rings. The standard InChI is InChI=1S/C23H23ClN2O4/c1-14-5-8-18(24)12-20(14)25-23(27)10-7-17-6-9-21(22(11-17)28-4)29-13-19-15(2)26-30-16(19)3/h5-12H,13H2,1-4H3,(H,25,27). The van der Waals surface area contributed by atoms with Gasteiger partial charge in [0.05, 0.1) is 18.4 Å². The topological polar surface area (TPSA) is 73.6 Å². The Hall–Kier alpha value is -3.25. The maximum Gasteiger partial charge on any atom is 0.248 e. The van der Waals surface area contributed by atoms with E-state index in [1.54, 1.807) is 37.5 Å². The van der Waals surface area contributed by atoms with Crippen LogP contribution in [0.4, 0.5) is 5.69 Å². The number of rotatable bonds is 7. The Morgan fingerprint density at radius 2 is 1.97 bits per heavy atom. The van der Waals surface area contributed by atoms with E-state index in [1.807, 2.05) is 32.9 Å². The molecule has 1 aromatic heterocycles. The van der Waals surface area contributed by atoms with Crippen LogP contribution in [-0.4, -0.2) is 18.2 Å². The molecule has 2 aromatic carbocycles. The van der Waals surface area contributed by atoms with Gasteiger partial charge in [-0.25, -0.2) is 0 Å². The van der Waals surface area contributed by atoms with Crippen molar-refractivity contribution in [2.24, 2.45) is 0 Å². The lowest BCUT2D eigenvalue weighted by molar-refractivity contribution is -0.111. The van der Waals surface area contributed by atoms with E-state index in [4.69, 9.17) is 25.6 Å². The summed E-state index contributed by atoms with van der Waals surface area (Å²) in [7, 11) is 1.57. The van der Waals surface area contributed by atoms with E-state index in [2.05, 4.69) is 10.5 Å². The van der Waals surface area contributed by atoms with E-state index in [-0.39, 0.29) is 5.91 Å². The zero-order valence-electron chi connectivity index (χ0n) is 17.3. The number of aryl methyl sites for hydroxylation is 3. The first-order valence-electron chi connectivity index (χ1n) is 9.35. The van der Waals surface area contributed by atoms with Crippen LogP contribution in [0.5, 0.6) is 11.5 Å². The molecule has 0 atom stereocenters. The van der Waals surface area contributed by atoms with Crippen LogP contribution in [0.1, 0.15) is 28.1 Å². The van der Waals surface area contributed by atoms with Crippen LogP contribution in [-0.2, 0) is 11.4 Å². The summed E-state index contributed by atoms with van der Waals surface area (Å²) in [4.78, 5) is 12.3. The number of nitrogens with zero attached hydrogens (tertiary/aromatic N) is 1. The summed E-state index contributed by atoms with van der Waals surface area (Å²) >= 11 is 5.99. The van der Waals surface area contributed by atoms with E-state index in [1.165, 1.54) is 6.08 Å². The van der Waals surface area contributed by atoms with Crippen molar-refractivity contribution in [3.8, 4) is 11.5 Å². The van der Waals surface area contributed by atoms with E-state index in [0.29, 0.717) is 28.8 Å². The van der Waals surface area contributed by atoms with Crippen LogP contribution in [0.25, 0.3) is 6.08 Å². The first-order valence-corrected chi connectivity index (χ1v) is 9.73. The Kier molecular flexibility index (Phi) is 6.79. The van der Waals surface area contributed by atoms with Gasteiger partial charge in [0.15, 0.2) is 11.5 Å². The van der Waals surface area contributed by atoms with Crippen LogP contribution >= 0.6 is 11.6 Å². The highest BCUT2D eigenvalue weighted by Crippen LogP contribution is 2.30. The van der Waals surface area contributed by atoms with Crippen molar-refractivity contribution in [1.29, 1.82) is 0 Å². The summed E-state index contributed by atoms with van der Waals surface area (Å²) in [6, 6.07) is 10.8. The van der Waals surface area contributed by atoms with Crippen molar-refractivity contribution in [2.75, 3.05) is 12.4 Å². The second-order valence-corrected chi connectivity index (χ2v) is 7.22. The van der Waals surface area contributed by atoms with Crippen LogP contribution in [0.3, 0.4) is 0 Å². The lowest BCUT2D eigenvalue weighted by Crippen LogP contribution is -2.08. The van der Waals surface area contributed by atoms with E-state index in [9.17, 15) is 4.79 Å². The Bertz CT molecular complexity index is 1070. The average molecular weight is 427 g/mol. The lowest BCUT2D eigenvalue weighted by atomic mass is 10.1. The smallest absolute Gasteiger partial charge is 0.248 e. The number of carbonyl (C=O) groups is 1. The van der Waals surface area contributed by atoms with Crippen molar-refractivity contribution in [1.82, 2.24) is 5.16 Å². The fourth-order valence-electron chi connectivity index (χ4n) is 2.84. The summed E-state index contributed by atoms with van der Waals surface area (Å²) in [5.41, 5.74) is 4.12. The predicted octanol–water partition coefficient (Wildman–Crippen LogP) is 5.49. The van der Waals surface area contributed by atoms with Gasteiger partial charge < -0.3 is 19.3 Å². The molecule has 0 fully saturated rings. The summed E-state index contributed by atoms with van der Waals surface area (Å²) < 4.78 is 16.5. The molecule has 1 heterocycles. The quantitative estimate of drug-likeness (QED) is 0.505.